The van der Waals surface area contributed by atoms with Gasteiger partial charge in [0.05, 0.1) is 23.2 Å². The van der Waals surface area contributed by atoms with Gasteiger partial charge in [0.1, 0.15) is 12.6 Å². The number of nitrogens with one attached hydrogen (secondary N) is 2. The predicted molar refractivity (Wildman–Crippen MR) is 175 cm³/mol. The van der Waals surface area contributed by atoms with Crippen LogP contribution in [0.25, 0.3) is 0 Å². The van der Waals surface area contributed by atoms with Gasteiger partial charge >= 0.3 is 5.97 Å². The third kappa shape index (κ3) is 15.5. The average Bonchev–Trinajstić information content (AvgIpc) is 2.94. The minimum absolute atomic E-state index is 0.0517. The number of esters is 1. The van der Waals surface area contributed by atoms with Crippen molar-refractivity contribution in [1.29, 1.82) is 0 Å². The molecule has 6 N–H and O–H groups in total. The van der Waals surface area contributed by atoms with Gasteiger partial charge in [-0.15, -0.1) is 0 Å². The van der Waals surface area contributed by atoms with Crippen LogP contribution in [0.5, 0.6) is 0 Å². The zero-order chi connectivity index (χ0) is 33.4. The van der Waals surface area contributed by atoms with Crippen LogP contribution >= 0.6 is 0 Å². The molecular formula is C34H60N4O6. The van der Waals surface area contributed by atoms with Gasteiger partial charge in [0.25, 0.3) is 0 Å². The van der Waals surface area contributed by atoms with Gasteiger partial charge in [0, 0.05) is 18.6 Å². The van der Waals surface area contributed by atoms with Crippen LogP contribution in [-0.2, 0) is 35.2 Å². The first kappa shape index (κ1) is 39.5. The van der Waals surface area contributed by atoms with Crippen LogP contribution < -0.4 is 22.1 Å². The monoisotopic (exact) mass is 620 g/mol. The van der Waals surface area contributed by atoms with Crippen LogP contribution in [0.2, 0.25) is 0 Å². The van der Waals surface area contributed by atoms with E-state index in [1.165, 1.54) is 0 Å². The summed E-state index contributed by atoms with van der Waals surface area (Å²) < 4.78 is 17.5. The molecule has 0 aliphatic carbocycles. The molecule has 10 heteroatoms. The number of benzene rings is 1. The van der Waals surface area contributed by atoms with E-state index in [-0.39, 0.29) is 30.6 Å². The Kier molecular flexibility index (Phi) is 16.6. The maximum absolute atomic E-state index is 13.3. The largest absolute Gasteiger partial charge is 0.459 e. The van der Waals surface area contributed by atoms with Gasteiger partial charge in [-0.1, -0.05) is 44.2 Å². The van der Waals surface area contributed by atoms with E-state index in [2.05, 4.69) is 10.6 Å². The highest BCUT2D eigenvalue weighted by atomic mass is 16.5. The van der Waals surface area contributed by atoms with Crippen molar-refractivity contribution < 1.29 is 28.6 Å². The predicted octanol–water partition coefficient (Wildman–Crippen LogP) is 4.23. The first-order valence-electron chi connectivity index (χ1n) is 15.9. The molecule has 0 saturated heterocycles. The summed E-state index contributed by atoms with van der Waals surface area (Å²) in [5.41, 5.74) is 9.94. The zero-order valence-electron chi connectivity index (χ0n) is 28.6. The molecule has 0 radical (unpaired) electrons. The van der Waals surface area contributed by atoms with Crippen LogP contribution in [0.1, 0.15) is 99.5 Å². The van der Waals surface area contributed by atoms with Gasteiger partial charge in [-0.05, 0) is 98.7 Å². The third-order valence-electron chi connectivity index (χ3n) is 7.78. The van der Waals surface area contributed by atoms with Crippen molar-refractivity contribution >= 4 is 17.8 Å². The first-order chi connectivity index (χ1) is 20.4. The number of rotatable bonds is 22. The lowest BCUT2D eigenvalue weighted by atomic mass is 9.88. The molecule has 0 saturated carbocycles. The van der Waals surface area contributed by atoms with Crippen molar-refractivity contribution in [2.24, 2.45) is 22.3 Å². The second kappa shape index (κ2) is 18.4. The first-order valence-corrected chi connectivity index (χ1v) is 15.9. The van der Waals surface area contributed by atoms with Crippen LogP contribution in [-0.4, -0.2) is 67.9 Å². The van der Waals surface area contributed by atoms with Gasteiger partial charge in [-0.3, -0.25) is 9.59 Å². The standard InChI is InChI=1S/C34H60N4O6/c1-31(2,19-23-43-33(5,6)17-20-35)29(40)37-22-13-12-16-27(28(39)42-24-26-14-10-9-11-15-26)38-30(41)32(3,4)25-44-34(7,8)18-21-36/h9-11,14-15,27H,12-13,16-25,35-36H2,1-8H3,(H,37,40)(H,38,41)/t27-/m0/s1. The molecule has 0 aromatic heterocycles. The van der Waals surface area contributed by atoms with Gasteiger partial charge in [0.2, 0.25) is 11.8 Å². The van der Waals surface area contributed by atoms with Gasteiger partial charge in [-0.25, -0.2) is 4.79 Å². The smallest absolute Gasteiger partial charge is 0.328 e. The molecule has 252 valence electrons. The van der Waals surface area contributed by atoms with Crippen LogP contribution in [0.3, 0.4) is 0 Å². The summed E-state index contributed by atoms with van der Waals surface area (Å²) in [6.45, 7) is 17.5. The van der Waals surface area contributed by atoms with Crippen molar-refractivity contribution in [1.82, 2.24) is 10.6 Å². The fourth-order valence-corrected chi connectivity index (χ4v) is 4.32. The Bertz CT molecular complexity index is 1010. The van der Waals surface area contributed by atoms with Crippen LogP contribution in [0.15, 0.2) is 30.3 Å². The maximum atomic E-state index is 13.3. The number of ether oxygens (including phenoxy) is 3. The Hall–Kier alpha value is -2.53. The van der Waals surface area contributed by atoms with Crippen molar-refractivity contribution in [2.45, 2.75) is 118 Å². The van der Waals surface area contributed by atoms with Gasteiger partial charge < -0.3 is 36.3 Å². The van der Waals surface area contributed by atoms with Gasteiger partial charge in [0.15, 0.2) is 0 Å². The molecule has 2 amide bonds. The molecule has 10 nitrogen and oxygen atoms in total. The Morgan fingerprint density at radius 3 is 1.95 bits per heavy atom. The summed E-state index contributed by atoms with van der Waals surface area (Å²) in [7, 11) is 0. The summed E-state index contributed by atoms with van der Waals surface area (Å²) in [4.78, 5) is 39.3. The molecular weight excluding hydrogens is 560 g/mol. The zero-order valence-corrected chi connectivity index (χ0v) is 28.6. The number of amides is 2. The number of hydrogen-bond acceptors (Lipinski definition) is 8. The molecule has 0 heterocycles. The molecule has 0 aliphatic heterocycles. The number of nitrogens with two attached hydrogens (primary N) is 2. The summed E-state index contributed by atoms with van der Waals surface area (Å²) in [5, 5.41) is 5.91. The third-order valence-corrected chi connectivity index (χ3v) is 7.78. The van der Waals surface area contributed by atoms with E-state index in [0.717, 1.165) is 12.0 Å². The number of unbranched alkanes of at least 4 members (excludes halogenated alkanes) is 1. The molecule has 0 aliphatic rings. The minimum Gasteiger partial charge on any atom is -0.459 e. The van der Waals surface area contributed by atoms with Crippen molar-refractivity contribution in [3.05, 3.63) is 35.9 Å². The van der Waals surface area contributed by atoms with E-state index in [1.807, 2.05) is 71.9 Å². The fourth-order valence-electron chi connectivity index (χ4n) is 4.32. The summed E-state index contributed by atoms with van der Waals surface area (Å²) in [5.74, 6) is -0.844. The van der Waals surface area contributed by atoms with Crippen LogP contribution in [0.4, 0.5) is 0 Å². The Morgan fingerprint density at radius 1 is 0.773 bits per heavy atom. The van der Waals surface area contributed by atoms with Crippen molar-refractivity contribution in [3.63, 3.8) is 0 Å². The van der Waals surface area contributed by atoms with E-state index >= 15 is 0 Å². The van der Waals surface area contributed by atoms with E-state index in [4.69, 9.17) is 25.7 Å². The number of carbonyl (C=O) groups excluding carboxylic acids is 3. The lowest BCUT2D eigenvalue weighted by Gasteiger charge is -2.32. The Balaban J connectivity index is 2.71. The molecule has 1 aromatic carbocycles. The van der Waals surface area contributed by atoms with Gasteiger partial charge in [-0.2, -0.15) is 0 Å². The minimum atomic E-state index is -0.882. The molecule has 44 heavy (non-hydrogen) atoms. The summed E-state index contributed by atoms with van der Waals surface area (Å²) in [6, 6.07) is 8.57. The molecule has 1 atom stereocenters. The molecule has 1 aromatic rings. The molecule has 0 unspecified atom stereocenters. The fraction of sp³-hybridized carbons (Fsp3) is 0.735. The highest BCUT2D eigenvalue weighted by molar-refractivity contribution is 5.87. The maximum Gasteiger partial charge on any atom is 0.328 e. The normalized spacial score (nSPS) is 13.3. The lowest BCUT2D eigenvalue weighted by molar-refractivity contribution is -0.151. The molecule has 0 fully saturated rings. The summed E-state index contributed by atoms with van der Waals surface area (Å²) in [6.07, 6.45) is 3.60. The van der Waals surface area contributed by atoms with E-state index in [9.17, 15) is 14.4 Å². The van der Waals surface area contributed by atoms with E-state index < -0.39 is 28.4 Å². The Morgan fingerprint density at radius 2 is 1.36 bits per heavy atom. The molecule has 0 spiro atoms. The summed E-state index contributed by atoms with van der Waals surface area (Å²) >= 11 is 0. The SMILES string of the molecule is CC(C)(CCN)OCCC(C)(C)C(=O)NCCCC[C@H](NC(=O)C(C)(C)COC(C)(C)CCN)C(=O)OCc1ccccc1. The van der Waals surface area contributed by atoms with E-state index in [1.54, 1.807) is 13.8 Å². The molecule has 1 rings (SSSR count). The topological polar surface area (TPSA) is 155 Å². The van der Waals surface area contributed by atoms with Crippen molar-refractivity contribution in [3.8, 4) is 0 Å². The van der Waals surface area contributed by atoms with Crippen LogP contribution in [0, 0.1) is 10.8 Å². The highest BCUT2D eigenvalue weighted by Gasteiger charge is 2.34. The van der Waals surface area contributed by atoms with Crippen molar-refractivity contribution in [2.75, 3.05) is 32.8 Å². The number of hydrogen-bond donors (Lipinski definition) is 4. The number of carbonyl (C=O) groups is 3. The Labute approximate surface area is 265 Å². The molecule has 0 bridgehead atoms. The van der Waals surface area contributed by atoms with E-state index in [0.29, 0.717) is 58.3 Å². The quantitative estimate of drug-likeness (QED) is 0.111. The second-order valence-electron chi connectivity index (χ2n) is 14.1. The second-order valence-corrected chi connectivity index (χ2v) is 14.1. The highest BCUT2D eigenvalue weighted by Crippen LogP contribution is 2.24. The lowest BCUT2D eigenvalue weighted by Crippen LogP contribution is -2.49. The average molecular weight is 621 g/mol.